The first-order valence-corrected chi connectivity index (χ1v) is 11.8. The van der Waals surface area contributed by atoms with Crippen LogP contribution in [0.15, 0.2) is 66.9 Å². The summed E-state index contributed by atoms with van der Waals surface area (Å²) in [6.07, 6.45) is 1.76. The van der Waals surface area contributed by atoms with Crippen LogP contribution in [0, 0.1) is 6.92 Å². The molecule has 1 N–H and O–H groups in total. The van der Waals surface area contributed by atoms with Gasteiger partial charge in [-0.3, -0.25) is 4.79 Å². The van der Waals surface area contributed by atoms with E-state index in [0.29, 0.717) is 49.9 Å². The minimum Gasteiger partial charge on any atom is -0.493 e. The lowest BCUT2D eigenvalue weighted by Crippen LogP contribution is -2.49. The molecule has 0 spiro atoms. The van der Waals surface area contributed by atoms with E-state index in [4.69, 9.17) is 4.74 Å². The summed E-state index contributed by atoms with van der Waals surface area (Å²) < 4.78 is 5.82. The SMILES string of the molecule is CCOc1ccc2ccccc2c1C(=O)N1CCN(c2ccc(Nc3cc(C)ccn3)nn2)CC1. The number of fused-ring (bicyclic) bond motifs is 1. The Morgan fingerprint density at radius 2 is 1.80 bits per heavy atom. The number of piperazine rings is 1. The molecule has 0 radical (unpaired) electrons. The van der Waals surface area contributed by atoms with E-state index in [9.17, 15) is 4.79 Å². The second-order valence-electron chi connectivity index (χ2n) is 8.49. The van der Waals surface area contributed by atoms with Crippen molar-refractivity contribution < 1.29 is 9.53 Å². The zero-order valence-corrected chi connectivity index (χ0v) is 19.9. The van der Waals surface area contributed by atoms with Crippen molar-refractivity contribution in [3.8, 4) is 5.75 Å². The molecular weight excluding hydrogens is 440 g/mol. The van der Waals surface area contributed by atoms with Gasteiger partial charge in [0.2, 0.25) is 0 Å². The molecule has 35 heavy (non-hydrogen) atoms. The van der Waals surface area contributed by atoms with E-state index >= 15 is 0 Å². The summed E-state index contributed by atoms with van der Waals surface area (Å²) in [6.45, 7) is 7.02. The Balaban J connectivity index is 1.27. The van der Waals surface area contributed by atoms with Crippen molar-refractivity contribution in [3.63, 3.8) is 0 Å². The van der Waals surface area contributed by atoms with E-state index in [-0.39, 0.29) is 5.91 Å². The number of pyridine rings is 1. The Bertz CT molecular complexity index is 1330. The number of carbonyl (C=O) groups excluding carboxylic acids is 1. The maximum atomic E-state index is 13.6. The third kappa shape index (κ3) is 4.87. The van der Waals surface area contributed by atoms with Crippen molar-refractivity contribution in [1.29, 1.82) is 0 Å². The van der Waals surface area contributed by atoms with Crippen molar-refractivity contribution >= 4 is 34.1 Å². The van der Waals surface area contributed by atoms with Crippen LogP contribution >= 0.6 is 0 Å². The molecule has 1 saturated heterocycles. The molecule has 0 saturated carbocycles. The van der Waals surface area contributed by atoms with Gasteiger partial charge in [0.25, 0.3) is 5.91 Å². The van der Waals surface area contributed by atoms with Crippen LogP contribution in [0.5, 0.6) is 5.75 Å². The maximum Gasteiger partial charge on any atom is 0.258 e. The molecule has 2 aromatic carbocycles. The number of benzene rings is 2. The summed E-state index contributed by atoms with van der Waals surface area (Å²) in [4.78, 5) is 21.9. The lowest BCUT2D eigenvalue weighted by atomic mass is 10.0. The summed E-state index contributed by atoms with van der Waals surface area (Å²) in [5, 5.41) is 13.8. The second kappa shape index (κ2) is 9.97. The fourth-order valence-corrected chi connectivity index (χ4v) is 4.34. The predicted octanol–water partition coefficient (Wildman–Crippen LogP) is 4.44. The van der Waals surface area contributed by atoms with E-state index in [1.54, 1.807) is 6.20 Å². The number of aryl methyl sites for hydroxylation is 1. The lowest BCUT2D eigenvalue weighted by Gasteiger charge is -2.35. The average molecular weight is 469 g/mol. The monoisotopic (exact) mass is 468 g/mol. The van der Waals surface area contributed by atoms with Crippen molar-refractivity contribution in [2.75, 3.05) is 43.0 Å². The largest absolute Gasteiger partial charge is 0.493 e. The van der Waals surface area contributed by atoms with Gasteiger partial charge in [0.15, 0.2) is 11.6 Å². The highest BCUT2D eigenvalue weighted by atomic mass is 16.5. The van der Waals surface area contributed by atoms with E-state index in [0.717, 1.165) is 28.0 Å². The highest BCUT2D eigenvalue weighted by molar-refractivity contribution is 6.09. The second-order valence-corrected chi connectivity index (χ2v) is 8.49. The molecule has 3 heterocycles. The van der Waals surface area contributed by atoms with E-state index in [1.165, 1.54) is 0 Å². The number of hydrogen-bond acceptors (Lipinski definition) is 7. The maximum absolute atomic E-state index is 13.6. The zero-order valence-electron chi connectivity index (χ0n) is 19.9. The van der Waals surface area contributed by atoms with Gasteiger partial charge in [-0.05, 0) is 60.5 Å². The van der Waals surface area contributed by atoms with Gasteiger partial charge in [-0.1, -0.05) is 30.3 Å². The standard InChI is InChI=1S/C27H28N6O2/c1-3-35-22-9-8-20-6-4-5-7-21(20)26(22)27(34)33-16-14-32(15-17-33)25-11-10-23(30-31-25)29-24-18-19(2)12-13-28-24/h4-13,18H,3,14-17H2,1-2H3,(H,28,29,30). The highest BCUT2D eigenvalue weighted by Gasteiger charge is 2.26. The lowest BCUT2D eigenvalue weighted by molar-refractivity contribution is 0.0744. The molecule has 1 fully saturated rings. The van der Waals surface area contributed by atoms with Crippen LogP contribution in [0.2, 0.25) is 0 Å². The number of hydrogen-bond donors (Lipinski definition) is 1. The summed E-state index contributed by atoms with van der Waals surface area (Å²) in [7, 11) is 0. The molecule has 2 aromatic heterocycles. The summed E-state index contributed by atoms with van der Waals surface area (Å²) in [5.41, 5.74) is 1.76. The predicted molar refractivity (Wildman–Crippen MR) is 138 cm³/mol. The average Bonchev–Trinajstić information content (AvgIpc) is 2.89. The van der Waals surface area contributed by atoms with Crippen molar-refractivity contribution in [3.05, 3.63) is 78.0 Å². The topological polar surface area (TPSA) is 83.5 Å². The van der Waals surface area contributed by atoms with Gasteiger partial charge in [0.1, 0.15) is 11.6 Å². The molecule has 4 aromatic rings. The van der Waals surface area contributed by atoms with Gasteiger partial charge in [0.05, 0.1) is 12.2 Å². The van der Waals surface area contributed by atoms with Gasteiger partial charge in [-0.25, -0.2) is 4.98 Å². The Hall–Kier alpha value is -4.20. The first kappa shape index (κ1) is 22.6. The van der Waals surface area contributed by atoms with E-state index in [2.05, 4.69) is 25.4 Å². The van der Waals surface area contributed by atoms with Crippen LogP contribution in [0.25, 0.3) is 10.8 Å². The first-order chi connectivity index (χ1) is 17.1. The third-order valence-corrected chi connectivity index (χ3v) is 6.12. The van der Waals surface area contributed by atoms with Crippen molar-refractivity contribution in [2.24, 2.45) is 0 Å². The van der Waals surface area contributed by atoms with Gasteiger partial charge in [-0.2, -0.15) is 0 Å². The van der Waals surface area contributed by atoms with Crippen LogP contribution in [0.3, 0.4) is 0 Å². The Morgan fingerprint density at radius 1 is 0.971 bits per heavy atom. The number of amides is 1. The fraction of sp³-hybridized carbons (Fsp3) is 0.259. The third-order valence-electron chi connectivity index (χ3n) is 6.12. The Kier molecular flexibility index (Phi) is 6.43. The minimum atomic E-state index is 0.00110. The molecule has 178 valence electrons. The van der Waals surface area contributed by atoms with Crippen LogP contribution in [0.4, 0.5) is 17.5 Å². The summed E-state index contributed by atoms with van der Waals surface area (Å²) in [5.74, 6) is 2.80. The number of ether oxygens (including phenoxy) is 1. The quantitative estimate of drug-likeness (QED) is 0.448. The molecule has 5 rings (SSSR count). The van der Waals surface area contributed by atoms with Crippen LogP contribution < -0.4 is 15.0 Å². The molecule has 8 heteroatoms. The van der Waals surface area contributed by atoms with E-state index in [1.807, 2.05) is 79.4 Å². The van der Waals surface area contributed by atoms with Crippen molar-refractivity contribution in [1.82, 2.24) is 20.1 Å². The summed E-state index contributed by atoms with van der Waals surface area (Å²) >= 11 is 0. The zero-order chi connectivity index (χ0) is 24.2. The number of anilines is 3. The molecule has 1 aliphatic rings. The Morgan fingerprint density at radius 3 is 2.54 bits per heavy atom. The normalized spacial score (nSPS) is 13.7. The highest BCUT2D eigenvalue weighted by Crippen LogP contribution is 2.30. The molecule has 0 atom stereocenters. The van der Waals surface area contributed by atoms with Crippen molar-refractivity contribution in [2.45, 2.75) is 13.8 Å². The number of nitrogens with one attached hydrogen (secondary N) is 1. The van der Waals surface area contributed by atoms with Crippen LogP contribution in [-0.4, -0.2) is 58.8 Å². The molecule has 8 nitrogen and oxygen atoms in total. The van der Waals surface area contributed by atoms with Gasteiger partial charge in [0, 0.05) is 32.4 Å². The van der Waals surface area contributed by atoms with Gasteiger partial charge >= 0.3 is 0 Å². The van der Waals surface area contributed by atoms with Crippen LogP contribution in [-0.2, 0) is 0 Å². The fourth-order valence-electron chi connectivity index (χ4n) is 4.34. The molecule has 1 aliphatic heterocycles. The number of rotatable bonds is 6. The van der Waals surface area contributed by atoms with Gasteiger partial charge < -0.3 is 19.9 Å². The first-order valence-electron chi connectivity index (χ1n) is 11.8. The molecule has 0 bridgehead atoms. The minimum absolute atomic E-state index is 0.00110. The number of nitrogens with zero attached hydrogens (tertiary/aromatic N) is 5. The molecule has 0 aliphatic carbocycles. The Labute approximate surface area is 204 Å². The smallest absolute Gasteiger partial charge is 0.258 e. The van der Waals surface area contributed by atoms with Gasteiger partial charge in [-0.15, -0.1) is 10.2 Å². The number of carbonyl (C=O) groups is 1. The molecular formula is C27H28N6O2. The van der Waals surface area contributed by atoms with E-state index < -0.39 is 0 Å². The molecule has 0 unspecified atom stereocenters. The van der Waals surface area contributed by atoms with Crippen LogP contribution in [0.1, 0.15) is 22.8 Å². The summed E-state index contributed by atoms with van der Waals surface area (Å²) in [6, 6.07) is 19.6. The number of aromatic nitrogens is 3. The molecule has 1 amide bonds.